The number of benzene rings is 2. The van der Waals surface area contributed by atoms with E-state index in [0.717, 1.165) is 23.2 Å². The summed E-state index contributed by atoms with van der Waals surface area (Å²) in [6.45, 7) is 5.52. The van der Waals surface area contributed by atoms with Gasteiger partial charge in [0.15, 0.2) is 0 Å². The molecule has 2 N–H and O–H groups in total. The van der Waals surface area contributed by atoms with Gasteiger partial charge in [-0.2, -0.15) is 0 Å². The first-order valence-electron chi connectivity index (χ1n) is 8.46. The van der Waals surface area contributed by atoms with E-state index in [0.29, 0.717) is 23.5 Å². The fraction of sp³-hybridized carbons (Fsp3) is 0.250. The molecule has 2 aromatic carbocycles. The fourth-order valence-corrected chi connectivity index (χ4v) is 3.10. The second-order valence-corrected chi connectivity index (χ2v) is 6.43. The van der Waals surface area contributed by atoms with Crippen molar-refractivity contribution in [2.24, 2.45) is 0 Å². The molecule has 134 valence electrons. The highest BCUT2D eigenvalue weighted by Crippen LogP contribution is 2.29. The van der Waals surface area contributed by atoms with Crippen LogP contribution in [0.25, 0.3) is 0 Å². The standard InChI is InChI=1S/C20H21N3O3/c1-12-4-6-17(21-13(2)24)11-18(12)22-20(26)16-5-7-19-15(10-16)8-9-23(19)14(3)25/h4-7,10-11H,8-9H2,1-3H3,(H,21,24)(H,22,26). The maximum absolute atomic E-state index is 12.6. The lowest BCUT2D eigenvalue weighted by atomic mass is 10.1. The van der Waals surface area contributed by atoms with Crippen LogP contribution in [-0.2, 0) is 16.0 Å². The van der Waals surface area contributed by atoms with E-state index in [2.05, 4.69) is 10.6 Å². The summed E-state index contributed by atoms with van der Waals surface area (Å²) in [4.78, 5) is 37.2. The van der Waals surface area contributed by atoms with Gasteiger partial charge in [-0.15, -0.1) is 0 Å². The second kappa shape index (κ2) is 7.00. The number of nitrogens with one attached hydrogen (secondary N) is 2. The molecule has 2 aromatic rings. The van der Waals surface area contributed by atoms with Gasteiger partial charge in [0, 0.05) is 43.0 Å². The molecule has 0 spiro atoms. The van der Waals surface area contributed by atoms with Gasteiger partial charge in [0.2, 0.25) is 11.8 Å². The molecule has 6 heteroatoms. The molecule has 0 bridgehead atoms. The Bertz CT molecular complexity index is 905. The molecule has 0 saturated heterocycles. The summed E-state index contributed by atoms with van der Waals surface area (Å²) in [6.07, 6.45) is 0.743. The zero-order valence-corrected chi connectivity index (χ0v) is 15.1. The maximum atomic E-state index is 12.6. The van der Waals surface area contributed by atoms with Crippen molar-refractivity contribution in [3.05, 3.63) is 53.1 Å². The molecule has 0 fully saturated rings. The number of carbonyl (C=O) groups is 3. The molecule has 6 nitrogen and oxygen atoms in total. The van der Waals surface area contributed by atoms with Crippen LogP contribution in [0.4, 0.5) is 17.1 Å². The topological polar surface area (TPSA) is 78.5 Å². The van der Waals surface area contributed by atoms with Crippen molar-refractivity contribution in [1.82, 2.24) is 0 Å². The largest absolute Gasteiger partial charge is 0.326 e. The van der Waals surface area contributed by atoms with E-state index in [1.54, 1.807) is 30.0 Å². The molecule has 26 heavy (non-hydrogen) atoms. The fourth-order valence-electron chi connectivity index (χ4n) is 3.10. The summed E-state index contributed by atoms with van der Waals surface area (Å²) in [7, 11) is 0. The SMILES string of the molecule is CC(=O)Nc1ccc(C)c(NC(=O)c2ccc3c(c2)CCN3C(C)=O)c1. The number of anilines is 3. The third-order valence-corrected chi connectivity index (χ3v) is 4.42. The Balaban J connectivity index is 1.81. The average Bonchev–Trinajstić information content (AvgIpc) is 3.00. The molecule has 0 aromatic heterocycles. The lowest BCUT2D eigenvalue weighted by molar-refractivity contribution is -0.116. The van der Waals surface area contributed by atoms with Crippen LogP contribution < -0.4 is 15.5 Å². The van der Waals surface area contributed by atoms with Crippen LogP contribution in [-0.4, -0.2) is 24.3 Å². The van der Waals surface area contributed by atoms with Crippen LogP contribution in [0.3, 0.4) is 0 Å². The summed E-state index contributed by atoms with van der Waals surface area (Å²) < 4.78 is 0. The molecule has 3 rings (SSSR count). The molecule has 0 radical (unpaired) electrons. The Hall–Kier alpha value is -3.15. The highest BCUT2D eigenvalue weighted by molar-refractivity contribution is 6.06. The Morgan fingerprint density at radius 3 is 2.46 bits per heavy atom. The number of hydrogen-bond acceptors (Lipinski definition) is 3. The van der Waals surface area contributed by atoms with Crippen LogP contribution in [0, 0.1) is 6.92 Å². The van der Waals surface area contributed by atoms with Crippen molar-refractivity contribution < 1.29 is 14.4 Å². The smallest absolute Gasteiger partial charge is 0.255 e. The average molecular weight is 351 g/mol. The van der Waals surface area contributed by atoms with Gasteiger partial charge in [0.1, 0.15) is 0 Å². The van der Waals surface area contributed by atoms with E-state index < -0.39 is 0 Å². The number of rotatable bonds is 3. The van der Waals surface area contributed by atoms with E-state index >= 15 is 0 Å². The third-order valence-electron chi connectivity index (χ3n) is 4.42. The predicted molar refractivity (Wildman–Crippen MR) is 102 cm³/mol. The quantitative estimate of drug-likeness (QED) is 0.892. The minimum absolute atomic E-state index is 0.00589. The molecule has 0 aliphatic carbocycles. The zero-order chi connectivity index (χ0) is 18.8. The van der Waals surface area contributed by atoms with Crippen LogP contribution >= 0.6 is 0 Å². The lowest BCUT2D eigenvalue weighted by Gasteiger charge is -2.15. The van der Waals surface area contributed by atoms with Crippen molar-refractivity contribution in [2.75, 3.05) is 22.1 Å². The predicted octanol–water partition coefficient (Wildman–Crippen LogP) is 3.11. The van der Waals surface area contributed by atoms with Gasteiger partial charge in [-0.1, -0.05) is 6.07 Å². The number of amides is 3. The minimum Gasteiger partial charge on any atom is -0.326 e. The first kappa shape index (κ1) is 17.7. The summed E-state index contributed by atoms with van der Waals surface area (Å²) >= 11 is 0. The number of aryl methyl sites for hydroxylation is 1. The van der Waals surface area contributed by atoms with E-state index in [1.165, 1.54) is 6.92 Å². The monoisotopic (exact) mass is 351 g/mol. The van der Waals surface area contributed by atoms with E-state index in [1.807, 2.05) is 25.1 Å². The molecule has 0 unspecified atom stereocenters. The third kappa shape index (κ3) is 3.59. The van der Waals surface area contributed by atoms with Gasteiger partial charge in [-0.25, -0.2) is 0 Å². The van der Waals surface area contributed by atoms with E-state index in [4.69, 9.17) is 0 Å². The van der Waals surface area contributed by atoms with Gasteiger partial charge < -0.3 is 15.5 Å². The molecule has 3 amide bonds. The van der Waals surface area contributed by atoms with Crippen molar-refractivity contribution in [3.63, 3.8) is 0 Å². The van der Waals surface area contributed by atoms with Gasteiger partial charge >= 0.3 is 0 Å². The van der Waals surface area contributed by atoms with Crippen molar-refractivity contribution in [1.29, 1.82) is 0 Å². The van der Waals surface area contributed by atoms with E-state index in [-0.39, 0.29) is 17.7 Å². The Morgan fingerprint density at radius 1 is 1.00 bits per heavy atom. The zero-order valence-electron chi connectivity index (χ0n) is 15.1. The minimum atomic E-state index is -0.225. The summed E-state index contributed by atoms with van der Waals surface area (Å²) in [5.74, 6) is -0.386. The number of hydrogen-bond donors (Lipinski definition) is 2. The molecular weight excluding hydrogens is 330 g/mol. The van der Waals surface area contributed by atoms with Gasteiger partial charge in [-0.05, 0) is 54.8 Å². The summed E-state index contributed by atoms with van der Waals surface area (Å²) in [5.41, 5.74) is 4.58. The van der Waals surface area contributed by atoms with Gasteiger partial charge in [-0.3, -0.25) is 14.4 Å². The highest BCUT2D eigenvalue weighted by Gasteiger charge is 2.23. The normalized spacial score (nSPS) is 12.5. The van der Waals surface area contributed by atoms with E-state index in [9.17, 15) is 14.4 Å². The number of nitrogens with zero attached hydrogens (tertiary/aromatic N) is 1. The summed E-state index contributed by atoms with van der Waals surface area (Å²) in [6, 6.07) is 10.7. The van der Waals surface area contributed by atoms with Gasteiger partial charge in [0.25, 0.3) is 5.91 Å². The highest BCUT2D eigenvalue weighted by atomic mass is 16.2. The van der Waals surface area contributed by atoms with Crippen LogP contribution in [0.5, 0.6) is 0 Å². The molecule has 0 atom stereocenters. The maximum Gasteiger partial charge on any atom is 0.255 e. The van der Waals surface area contributed by atoms with Crippen molar-refractivity contribution in [2.45, 2.75) is 27.2 Å². The second-order valence-electron chi connectivity index (χ2n) is 6.43. The molecule has 1 aliphatic rings. The summed E-state index contributed by atoms with van der Waals surface area (Å²) in [5, 5.41) is 5.60. The van der Waals surface area contributed by atoms with Crippen molar-refractivity contribution in [3.8, 4) is 0 Å². The van der Waals surface area contributed by atoms with Crippen LogP contribution in [0.2, 0.25) is 0 Å². The molecule has 1 heterocycles. The van der Waals surface area contributed by atoms with Crippen LogP contribution in [0.15, 0.2) is 36.4 Å². The molecule has 1 aliphatic heterocycles. The van der Waals surface area contributed by atoms with Crippen molar-refractivity contribution >= 4 is 34.8 Å². The molecule has 0 saturated carbocycles. The first-order chi connectivity index (χ1) is 12.3. The molecular formula is C20H21N3O3. The Morgan fingerprint density at radius 2 is 1.77 bits per heavy atom. The van der Waals surface area contributed by atoms with Crippen LogP contribution in [0.1, 0.15) is 35.3 Å². The Kier molecular flexibility index (Phi) is 4.75. The Labute approximate surface area is 152 Å². The number of fused-ring (bicyclic) bond motifs is 1. The number of carbonyl (C=O) groups excluding carboxylic acids is 3. The first-order valence-corrected chi connectivity index (χ1v) is 8.46. The van der Waals surface area contributed by atoms with Gasteiger partial charge in [0.05, 0.1) is 0 Å². The lowest BCUT2D eigenvalue weighted by Crippen LogP contribution is -2.25.